The highest BCUT2D eigenvalue weighted by Gasteiger charge is 2.10. The molecule has 0 aliphatic heterocycles. The zero-order valence-electron chi connectivity index (χ0n) is 13.4. The van der Waals surface area contributed by atoms with E-state index < -0.39 is 0 Å². The summed E-state index contributed by atoms with van der Waals surface area (Å²) in [5.74, 6) is -0.104. The molecule has 1 aromatic heterocycles. The number of amides is 1. The van der Waals surface area contributed by atoms with Crippen LogP contribution in [0.4, 0.5) is 0 Å². The van der Waals surface area contributed by atoms with E-state index in [0.717, 1.165) is 27.8 Å². The highest BCUT2D eigenvalue weighted by Crippen LogP contribution is 2.19. The van der Waals surface area contributed by atoms with Gasteiger partial charge in [-0.1, -0.05) is 42.5 Å². The Hall–Kier alpha value is -2.40. The second-order valence-corrected chi connectivity index (χ2v) is 6.26. The quantitative estimate of drug-likeness (QED) is 0.715. The van der Waals surface area contributed by atoms with Gasteiger partial charge in [-0.3, -0.25) is 9.48 Å². The Labute approximate surface area is 149 Å². The summed E-state index contributed by atoms with van der Waals surface area (Å²) in [7, 11) is 0. The van der Waals surface area contributed by atoms with Gasteiger partial charge in [0.05, 0.1) is 16.7 Å². The van der Waals surface area contributed by atoms with Crippen LogP contribution in [0.3, 0.4) is 0 Å². The lowest BCUT2D eigenvalue weighted by Crippen LogP contribution is -2.23. The maximum Gasteiger partial charge on any atom is 0.251 e. The zero-order chi connectivity index (χ0) is 16.9. The average Bonchev–Trinajstić information content (AvgIpc) is 3.00. The molecule has 0 atom stereocenters. The maximum absolute atomic E-state index is 12.3. The van der Waals surface area contributed by atoms with Crippen LogP contribution in [0.5, 0.6) is 0 Å². The molecule has 0 aliphatic rings. The number of nitrogens with one attached hydrogen (secondary N) is 1. The molecule has 4 nitrogen and oxygen atoms in total. The van der Waals surface area contributed by atoms with E-state index in [2.05, 4.69) is 38.5 Å². The fraction of sp³-hybridized carbons (Fsp3) is 0.158. The normalized spacial score (nSPS) is 10.6. The van der Waals surface area contributed by atoms with E-state index in [1.54, 1.807) is 0 Å². The number of rotatable bonds is 5. The molecule has 0 unspecified atom stereocenters. The summed E-state index contributed by atoms with van der Waals surface area (Å²) in [6, 6.07) is 17.7. The Morgan fingerprint density at radius 2 is 1.75 bits per heavy atom. The molecule has 1 N–H and O–H groups in total. The summed E-state index contributed by atoms with van der Waals surface area (Å²) in [5.41, 5.74) is 3.70. The van der Waals surface area contributed by atoms with Crippen molar-refractivity contribution in [3.05, 3.63) is 76.5 Å². The van der Waals surface area contributed by atoms with Crippen LogP contribution in [-0.2, 0) is 13.1 Å². The molecule has 0 radical (unpaired) electrons. The lowest BCUT2D eigenvalue weighted by atomic mass is 10.0. The van der Waals surface area contributed by atoms with Crippen LogP contribution in [-0.4, -0.2) is 15.7 Å². The fourth-order valence-electron chi connectivity index (χ4n) is 2.43. The van der Waals surface area contributed by atoms with Crippen LogP contribution >= 0.6 is 15.9 Å². The number of benzene rings is 2. The van der Waals surface area contributed by atoms with Crippen LogP contribution in [0.2, 0.25) is 0 Å². The molecular weight excluding hydrogens is 366 g/mol. The van der Waals surface area contributed by atoms with Gasteiger partial charge in [-0.2, -0.15) is 5.10 Å². The Balaban J connectivity index is 1.66. The second-order valence-electron chi connectivity index (χ2n) is 5.41. The Morgan fingerprint density at radius 1 is 1.08 bits per heavy atom. The first kappa shape index (κ1) is 16.5. The summed E-state index contributed by atoms with van der Waals surface area (Å²) in [5, 5.41) is 7.31. The maximum atomic E-state index is 12.3. The summed E-state index contributed by atoms with van der Waals surface area (Å²) in [4.78, 5) is 12.3. The van der Waals surface area contributed by atoms with Crippen molar-refractivity contribution in [2.24, 2.45) is 0 Å². The summed E-state index contributed by atoms with van der Waals surface area (Å²) in [6.45, 7) is 3.22. The molecular formula is C19H18BrN3O. The first-order chi connectivity index (χ1) is 11.7. The van der Waals surface area contributed by atoms with Crippen LogP contribution < -0.4 is 5.32 Å². The van der Waals surface area contributed by atoms with Crippen molar-refractivity contribution >= 4 is 21.8 Å². The molecule has 0 bridgehead atoms. The van der Waals surface area contributed by atoms with Gasteiger partial charge in [-0.15, -0.1) is 0 Å². The molecule has 0 saturated carbocycles. The minimum absolute atomic E-state index is 0.104. The third-order valence-corrected chi connectivity index (χ3v) is 4.44. The standard InChI is InChI=1S/C19H18BrN3O/c1-2-23-13-17(20)18(22-23)12-21-19(24)16-10-8-15(9-11-16)14-6-4-3-5-7-14/h3-11,13H,2,12H2,1H3,(H,21,24). The van der Waals surface area contributed by atoms with Crippen LogP contribution in [0.25, 0.3) is 11.1 Å². The van der Waals surface area contributed by atoms with Gasteiger partial charge in [-0.05, 0) is 46.1 Å². The monoisotopic (exact) mass is 383 g/mol. The topological polar surface area (TPSA) is 46.9 Å². The van der Waals surface area contributed by atoms with E-state index in [-0.39, 0.29) is 5.91 Å². The van der Waals surface area contributed by atoms with E-state index >= 15 is 0 Å². The largest absolute Gasteiger partial charge is 0.346 e. The van der Waals surface area contributed by atoms with Gasteiger partial charge in [0, 0.05) is 18.3 Å². The molecule has 1 amide bonds. The molecule has 0 aliphatic carbocycles. The van der Waals surface area contributed by atoms with Crippen molar-refractivity contribution in [3.63, 3.8) is 0 Å². The SMILES string of the molecule is CCn1cc(Br)c(CNC(=O)c2ccc(-c3ccccc3)cc2)n1. The van der Waals surface area contributed by atoms with Crippen LogP contribution in [0.1, 0.15) is 23.0 Å². The molecule has 1 heterocycles. The van der Waals surface area contributed by atoms with Crippen molar-refractivity contribution in [1.82, 2.24) is 15.1 Å². The number of aryl methyl sites for hydroxylation is 1. The predicted molar refractivity (Wildman–Crippen MR) is 98.6 cm³/mol. The van der Waals surface area contributed by atoms with E-state index in [1.807, 2.05) is 60.3 Å². The molecule has 0 spiro atoms. The van der Waals surface area contributed by atoms with Gasteiger partial charge < -0.3 is 5.32 Å². The van der Waals surface area contributed by atoms with Gasteiger partial charge in [0.15, 0.2) is 0 Å². The minimum Gasteiger partial charge on any atom is -0.346 e. The third kappa shape index (κ3) is 3.74. The molecule has 0 saturated heterocycles. The van der Waals surface area contributed by atoms with Gasteiger partial charge >= 0.3 is 0 Å². The number of halogens is 1. The first-order valence-electron chi connectivity index (χ1n) is 7.83. The van der Waals surface area contributed by atoms with E-state index in [9.17, 15) is 4.79 Å². The lowest BCUT2D eigenvalue weighted by molar-refractivity contribution is 0.0950. The highest BCUT2D eigenvalue weighted by molar-refractivity contribution is 9.10. The second kappa shape index (κ2) is 7.45. The molecule has 2 aromatic carbocycles. The molecule has 3 rings (SSSR count). The van der Waals surface area contributed by atoms with Gasteiger partial charge in [0.25, 0.3) is 5.91 Å². The van der Waals surface area contributed by atoms with Crippen molar-refractivity contribution in [1.29, 1.82) is 0 Å². The van der Waals surface area contributed by atoms with E-state index in [4.69, 9.17) is 0 Å². The first-order valence-corrected chi connectivity index (χ1v) is 8.62. The Kier molecular flexibility index (Phi) is 5.11. The summed E-state index contributed by atoms with van der Waals surface area (Å²) >= 11 is 3.47. The zero-order valence-corrected chi connectivity index (χ0v) is 15.0. The van der Waals surface area contributed by atoms with Crippen molar-refractivity contribution in [2.75, 3.05) is 0 Å². The minimum atomic E-state index is -0.104. The molecule has 3 aromatic rings. The van der Waals surface area contributed by atoms with E-state index in [1.165, 1.54) is 0 Å². The number of carbonyl (C=O) groups excluding carboxylic acids is 1. The predicted octanol–water partition coefficient (Wildman–Crippen LogP) is 4.26. The van der Waals surface area contributed by atoms with E-state index in [0.29, 0.717) is 12.1 Å². The van der Waals surface area contributed by atoms with Gasteiger partial charge in [0.1, 0.15) is 0 Å². The molecule has 122 valence electrons. The molecule has 5 heteroatoms. The van der Waals surface area contributed by atoms with Crippen LogP contribution in [0.15, 0.2) is 65.3 Å². The van der Waals surface area contributed by atoms with Gasteiger partial charge in [0.2, 0.25) is 0 Å². The fourth-order valence-corrected chi connectivity index (χ4v) is 2.89. The van der Waals surface area contributed by atoms with Crippen molar-refractivity contribution in [2.45, 2.75) is 20.0 Å². The smallest absolute Gasteiger partial charge is 0.251 e. The molecule has 0 fully saturated rings. The van der Waals surface area contributed by atoms with Crippen molar-refractivity contribution in [3.8, 4) is 11.1 Å². The lowest BCUT2D eigenvalue weighted by Gasteiger charge is -2.06. The number of hydrogen-bond acceptors (Lipinski definition) is 2. The summed E-state index contributed by atoms with van der Waals surface area (Å²) in [6.07, 6.45) is 1.91. The third-order valence-electron chi connectivity index (χ3n) is 3.78. The highest BCUT2D eigenvalue weighted by atomic mass is 79.9. The number of hydrogen-bond donors (Lipinski definition) is 1. The number of aromatic nitrogens is 2. The average molecular weight is 384 g/mol. The van der Waals surface area contributed by atoms with Crippen LogP contribution in [0, 0.1) is 0 Å². The number of nitrogens with zero attached hydrogens (tertiary/aromatic N) is 2. The number of carbonyl (C=O) groups is 1. The van der Waals surface area contributed by atoms with Gasteiger partial charge in [-0.25, -0.2) is 0 Å². The summed E-state index contributed by atoms with van der Waals surface area (Å²) < 4.78 is 2.74. The van der Waals surface area contributed by atoms with Crippen molar-refractivity contribution < 1.29 is 4.79 Å². The Bertz CT molecular complexity index is 826. The molecule has 24 heavy (non-hydrogen) atoms. The Morgan fingerprint density at radius 3 is 2.38 bits per heavy atom.